The van der Waals surface area contributed by atoms with Gasteiger partial charge in [-0.2, -0.15) is 18.3 Å². The fourth-order valence-electron chi connectivity index (χ4n) is 5.60. The largest absolute Gasteiger partial charge is 0.481 e. The second-order valence-electron chi connectivity index (χ2n) is 9.79. The van der Waals surface area contributed by atoms with Crippen molar-refractivity contribution in [2.75, 3.05) is 13.7 Å². The molecule has 13 heteroatoms. The Labute approximate surface area is 209 Å². The summed E-state index contributed by atoms with van der Waals surface area (Å²) in [5.41, 5.74) is 0.624. The van der Waals surface area contributed by atoms with Gasteiger partial charge in [-0.15, -0.1) is 0 Å². The first-order valence-corrected chi connectivity index (χ1v) is 12.2. The first kappa shape index (κ1) is 25.4. The van der Waals surface area contributed by atoms with Crippen LogP contribution >= 0.6 is 0 Å². The third-order valence-electron chi connectivity index (χ3n) is 7.45. The number of piperidine rings is 1. The van der Waals surface area contributed by atoms with Gasteiger partial charge in [-0.1, -0.05) is 0 Å². The molecule has 2 aromatic rings. The average molecular weight is 526 g/mol. The van der Waals surface area contributed by atoms with Gasteiger partial charge in [-0.3, -0.25) is 14.7 Å². The lowest BCUT2D eigenvalue weighted by molar-refractivity contribution is -0.232. The van der Waals surface area contributed by atoms with Gasteiger partial charge in [-0.25, -0.2) is 9.37 Å². The molecule has 0 spiro atoms. The van der Waals surface area contributed by atoms with Crippen LogP contribution in [0.25, 0.3) is 11.3 Å². The second kappa shape index (κ2) is 9.92. The normalized spacial score (nSPS) is 27.7. The number of carbonyl (C=O) groups excluding carboxylic acids is 2. The summed E-state index contributed by atoms with van der Waals surface area (Å²) < 4.78 is 62.6. The van der Waals surface area contributed by atoms with Gasteiger partial charge >= 0.3 is 6.18 Å². The molecule has 200 valence electrons. The Kier molecular flexibility index (Phi) is 6.82. The summed E-state index contributed by atoms with van der Waals surface area (Å²) in [6.45, 7) is -0.175. The average Bonchev–Trinajstić information content (AvgIpc) is 3.46. The molecule has 2 aromatic heterocycles. The van der Waals surface area contributed by atoms with Crippen molar-refractivity contribution in [1.29, 1.82) is 0 Å². The first-order chi connectivity index (χ1) is 17.6. The minimum atomic E-state index is -4.40. The molecule has 5 heterocycles. The number of alkyl halides is 3. The molecule has 37 heavy (non-hydrogen) atoms. The third-order valence-corrected chi connectivity index (χ3v) is 7.45. The fraction of sp³-hybridized carbons (Fsp3) is 0.583. The Bertz CT molecular complexity index is 1150. The maximum atomic E-state index is 14.3. The summed E-state index contributed by atoms with van der Waals surface area (Å²) in [6.07, 6.45) is -2.74. The van der Waals surface area contributed by atoms with Crippen LogP contribution in [0.15, 0.2) is 18.3 Å². The van der Waals surface area contributed by atoms with Crippen LogP contribution in [-0.2, 0) is 9.53 Å². The van der Waals surface area contributed by atoms with Crippen molar-refractivity contribution < 1.29 is 36.6 Å². The van der Waals surface area contributed by atoms with Crippen LogP contribution in [0.2, 0.25) is 0 Å². The van der Waals surface area contributed by atoms with Gasteiger partial charge in [0, 0.05) is 29.6 Å². The topological polar surface area (TPSA) is 109 Å². The highest BCUT2D eigenvalue weighted by molar-refractivity contribution is 5.94. The highest BCUT2D eigenvalue weighted by atomic mass is 19.4. The number of amides is 2. The van der Waals surface area contributed by atoms with Crippen LogP contribution in [0.3, 0.4) is 0 Å². The van der Waals surface area contributed by atoms with Crippen molar-refractivity contribution >= 4 is 11.8 Å². The predicted molar refractivity (Wildman–Crippen MR) is 121 cm³/mol. The zero-order chi connectivity index (χ0) is 26.3. The number of fused-ring (bicyclic) bond motifs is 2. The molecule has 1 unspecified atom stereocenters. The second-order valence-corrected chi connectivity index (χ2v) is 9.79. The fourth-order valence-corrected chi connectivity index (χ4v) is 5.60. The van der Waals surface area contributed by atoms with E-state index in [0.29, 0.717) is 18.5 Å². The highest BCUT2D eigenvalue weighted by Gasteiger charge is 2.47. The maximum Gasteiger partial charge on any atom is 0.414 e. The van der Waals surface area contributed by atoms with Crippen LogP contribution in [0.4, 0.5) is 17.6 Å². The molecule has 3 aliphatic heterocycles. The number of halogens is 4. The molecule has 5 rings (SSSR count). The Morgan fingerprint density at radius 2 is 1.89 bits per heavy atom. The molecule has 2 N–H and O–H groups in total. The Morgan fingerprint density at radius 1 is 1.16 bits per heavy atom. The molecular weight excluding hydrogens is 498 g/mol. The number of nitrogens with zero attached hydrogens (tertiary/aromatic N) is 3. The van der Waals surface area contributed by atoms with E-state index in [0.717, 1.165) is 19.0 Å². The first-order valence-electron chi connectivity index (χ1n) is 12.2. The summed E-state index contributed by atoms with van der Waals surface area (Å²) in [5.74, 6) is -1.22. The zero-order valence-corrected chi connectivity index (χ0v) is 20.1. The molecule has 3 aliphatic rings. The van der Waals surface area contributed by atoms with E-state index < -0.39 is 24.1 Å². The maximum absolute atomic E-state index is 14.3. The monoisotopic (exact) mass is 525 g/mol. The quantitative estimate of drug-likeness (QED) is 0.581. The molecule has 2 amide bonds. The minimum absolute atomic E-state index is 0.142. The number of rotatable bonds is 5. The van der Waals surface area contributed by atoms with E-state index in [1.54, 1.807) is 4.90 Å². The smallest absolute Gasteiger partial charge is 0.414 e. The summed E-state index contributed by atoms with van der Waals surface area (Å²) in [5, 5.41) is 9.64. The number of H-pyrrole nitrogens is 1. The van der Waals surface area contributed by atoms with Gasteiger partial charge in [0.25, 0.3) is 5.91 Å². The van der Waals surface area contributed by atoms with Gasteiger partial charge < -0.3 is 19.7 Å². The number of carbonyl (C=O) groups is 2. The number of hydrogen-bond donors (Lipinski definition) is 2. The minimum Gasteiger partial charge on any atom is -0.481 e. The molecule has 0 saturated carbocycles. The van der Waals surface area contributed by atoms with E-state index >= 15 is 0 Å². The molecule has 3 saturated heterocycles. The number of aromatic amines is 1. The van der Waals surface area contributed by atoms with Crippen molar-refractivity contribution in [2.45, 2.75) is 68.9 Å². The molecule has 0 aliphatic carbocycles. The molecule has 0 radical (unpaired) electrons. The van der Waals surface area contributed by atoms with Crippen molar-refractivity contribution in [3.63, 3.8) is 0 Å². The lowest BCUT2D eigenvalue weighted by Crippen LogP contribution is -2.52. The summed E-state index contributed by atoms with van der Waals surface area (Å²) in [6, 6.07) is 2.12. The van der Waals surface area contributed by atoms with E-state index in [1.165, 1.54) is 19.2 Å². The number of nitrogens with one attached hydrogen (secondary N) is 2. The summed E-state index contributed by atoms with van der Waals surface area (Å²) >= 11 is 0. The van der Waals surface area contributed by atoms with Crippen LogP contribution in [0.5, 0.6) is 5.88 Å². The van der Waals surface area contributed by atoms with Crippen molar-refractivity contribution in [2.24, 2.45) is 5.92 Å². The SMILES string of the molecule is COc1cc(-c2cc(C(=O)N3[C@@H]4CC[C@H]3CC(C(=O)N[C@H]3CC[C@@H](C(F)(F)F)OC3)C4)n[nH]2)c(F)cn1. The molecule has 3 fully saturated rings. The van der Waals surface area contributed by atoms with Crippen LogP contribution in [0.1, 0.15) is 49.0 Å². The van der Waals surface area contributed by atoms with Crippen molar-refractivity contribution in [3.05, 3.63) is 29.8 Å². The van der Waals surface area contributed by atoms with E-state index in [4.69, 9.17) is 9.47 Å². The number of methoxy groups -OCH3 is 1. The molecule has 9 nitrogen and oxygen atoms in total. The van der Waals surface area contributed by atoms with Crippen LogP contribution in [0, 0.1) is 11.7 Å². The molecule has 2 bridgehead atoms. The molecular formula is C24H27F4N5O4. The van der Waals surface area contributed by atoms with Gasteiger partial charge in [0.05, 0.1) is 31.6 Å². The number of pyridine rings is 1. The van der Waals surface area contributed by atoms with Crippen molar-refractivity contribution in [1.82, 2.24) is 25.4 Å². The van der Waals surface area contributed by atoms with Gasteiger partial charge in [0.1, 0.15) is 0 Å². The Morgan fingerprint density at radius 3 is 2.51 bits per heavy atom. The van der Waals surface area contributed by atoms with Crippen LogP contribution in [-0.4, -0.2) is 76.0 Å². The van der Waals surface area contributed by atoms with Gasteiger partial charge in [0.2, 0.25) is 11.8 Å². The van der Waals surface area contributed by atoms with Crippen molar-refractivity contribution in [3.8, 4) is 17.1 Å². The van der Waals surface area contributed by atoms with E-state index in [-0.39, 0.29) is 66.4 Å². The molecule has 5 atom stereocenters. The van der Waals surface area contributed by atoms with E-state index in [9.17, 15) is 27.2 Å². The number of ether oxygens (including phenoxy) is 2. The highest BCUT2D eigenvalue weighted by Crippen LogP contribution is 2.40. The lowest BCUT2D eigenvalue weighted by Gasteiger charge is -2.39. The number of aromatic nitrogens is 3. The summed E-state index contributed by atoms with van der Waals surface area (Å²) in [4.78, 5) is 31.8. The van der Waals surface area contributed by atoms with E-state index in [1.807, 2.05) is 0 Å². The molecule has 0 aromatic carbocycles. The van der Waals surface area contributed by atoms with Gasteiger partial charge in [-0.05, 0) is 44.6 Å². The summed E-state index contributed by atoms with van der Waals surface area (Å²) in [7, 11) is 1.41. The standard InChI is InChI=1S/C24H27F4N5O4/c1-36-21-8-16(17(25)10-29-21)18-9-19(32-31-18)23(35)33-14-3-4-15(33)7-12(6-14)22(34)30-13-2-5-20(37-11-13)24(26,27)28/h8-10,12-15,20H,2-7,11H2,1H3,(H,30,34)(H,31,32)/t12?,13-,14-,15+,20-/m0/s1. The van der Waals surface area contributed by atoms with E-state index in [2.05, 4.69) is 20.5 Å². The third kappa shape index (κ3) is 5.13. The zero-order valence-electron chi connectivity index (χ0n) is 20.1. The lowest BCUT2D eigenvalue weighted by atomic mass is 9.89. The Balaban J connectivity index is 1.20. The number of hydrogen-bond acceptors (Lipinski definition) is 6. The van der Waals surface area contributed by atoms with Crippen LogP contribution < -0.4 is 10.1 Å². The predicted octanol–water partition coefficient (Wildman–Crippen LogP) is 3.23. The Hall–Kier alpha value is -3.22. The van der Waals surface area contributed by atoms with Gasteiger partial charge in [0.15, 0.2) is 17.6 Å².